The fraction of sp³-hybridized carbons (Fsp3) is 0.769. The molecule has 0 aliphatic carbocycles. The first-order chi connectivity index (χ1) is 10.9. The molecule has 138 valence electrons. The quantitative estimate of drug-likeness (QED) is 0.755. The van der Waals surface area contributed by atoms with Crippen molar-refractivity contribution < 1.29 is 8.42 Å². The molecule has 2 aliphatic rings. The standard InChI is InChI=1S/C13H24N6O2S2.ClH/c1-16-2-6-18(7-3-16)23(20,21)19-8-4-17(5-9-19)11-12-10-15-13(14)22-12;/h10H,2-9,11H2,1H3,(H2,14,15);1H. The summed E-state index contributed by atoms with van der Waals surface area (Å²) in [7, 11) is -1.29. The molecule has 11 heteroatoms. The Balaban J connectivity index is 0.00000208. The van der Waals surface area contributed by atoms with E-state index in [1.165, 1.54) is 11.3 Å². The summed E-state index contributed by atoms with van der Waals surface area (Å²) in [5.74, 6) is 0. The van der Waals surface area contributed by atoms with Crippen LogP contribution < -0.4 is 5.73 Å². The van der Waals surface area contributed by atoms with Gasteiger partial charge in [0.25, 0.3) is 10.2 Å². The molecule has 3 heterocycles. The number of rotatable bonds is 4. The molecule has 2 N–H and O–H groups in total. The van der Waals surface area contributed by atoms with Gasteiger partial charge in [0.2, 0.25) is 0 Å². The largest absolute Gasteiger partial charge is 0.375 e. The van der Waals surface area contributed by atoms with Crippen molar-refractivity contribution in [1.29, 1.82) is 0 Å². The Kier molecular flexibility index (Phi) is 6.82. The molecule has 2 saturated heterocycles. The first-order valence-corrected chi connectivity index (χ1v) is 10.0. The molecule has 2 fully saturated rings. The number of anilines is 1. The predicted octanol–water partition coefficient (Wildman–Crippen LogP) is -0.243. The van der Waals surface area contributed by atoms with Crippen molar-refractivity contribution in [3.05, 3.63) is 11.1 Å². The van der Waals surface area contributed by atoms with E-state index < -0.39 is 10.2 Å². The van der Waals surface area contributed by atoms with Gasteiger partial charge < -0.3 is 10.6 Å². The highest BCUT2D eigenvalue weighted by molar-refractivity contribution is 7.86. The van der Waals surface area contributed by atoms with Gasteiger partial charge in [0.1, 0.15) is 0 Å². The molecule has 24 heavy (non-hydrogen) atoms. The van der Waals surface area contributed by atoms with Crippen LogP contribution in [0.3, 0.4) is 0 Å². The molecule has 0 radical (unpaired) electrons. The first-order valence-electron chi connectivity index (χ1n) is 7.81. The van der Waals surface area contributed by atoms with Gasteiger partial charge in [-0.1, -0.05) is 0 Å². The number of hydrogen-bond donors (Lipinski definition) is 1. The summed E-state index contributed by atoms with van der Waals surface area (Å²) >= 11 is 1.49. The Labute approximate surface area is 153 Å². The summed E-state index contributed by atoms with van der Waals surface area (Å²) in [6.07, 6.45) is 1.80. The maximum Gasteiger partial charge on any atom is 0.282 e. The number of nitrogens with two attached hydrogens (primary N) is 1. The molecule has 2 aliphatic heterocycles. The van der Waals surface area contributed by atoms with Gasteiger partial charge in [0, 0.05) is 70.0 Å². The molecule has 3 rings (SSSR count). The summed E-state index contributed by atoms with van der Waals surface area (Å²) in [5, 5.41) is 0.580. The highest BCUT2D eigenvalue weighted by Gasteiger charge is 2.33. The van der Waals surface area contributed by atoms with Gasteiger partial charge in [0.15, 0.2) is 5.13 Å². The summed E-state index contributed by atoms with van der Waals surface area (Å²) in [6, 6.07) is 0. The van der Waals surface area contributed by atoms with Crippen LogP contribution >= 0.6 is 23.7 Å². The maximum absolute atomic E-state index is 12.7. The number of aromatic nitrogens is 1. The highest BCUT2D eigenvalue weighted by atomic mass is 35.5. The minimum Gasteiger partial charge on any atom is -0.375 e. The van der Waals surface area contributed by atoms with Crippen LogP contribution in [0, 0.1) is 0 Å². The van der Waals surface area contributed by atoms with E-state index in [4.69, 9.17) is 5.73 Å². The van der Waals surface area contributed by atoms with Crippen LogP contribution in [0.15, 0.2) is 6.20 Å². The zero-order valence-electron chi connectivity index (χ0n) is 13.8. The van der Waals surface area contributed by atoms with Crippen LogP contribution in [-0.2, 0) is 16.8 Å². The van der Waals surface area contributed by atoms with Crippen molar-refractivity contribution in [2.45, 2.75) is 6.54 Å². The second kappa shape index (κ2) is 8.26. The number of nitrogens with zero attached hydrogens (tertiary/aromatic N) is 5. The van der Waals surface area contributed by atoms with Crippen LogP contribution in [0.4, 0.5) is 5.13 Å². The number of hydrogen-bond acceptors (Lipinski definition) is 7. The lowest BCUT2D eigenvalue weighted by Gasteiger charge is -2.38. The van der Waals surface area contributed by atoms with E-state index in [2.05, 4.69) is 14.8 Å². The van der Waals surface area contributed by atoms with E-state index in [1.807, 2.05) is 7.05 Å². The molecule has 0 amide bonds. The van der Waals surface area contributed by atoms with Crippen LogP contribution in [0.2, 0.25) is 0 Å². The predicted molar refractivity (Wildman–Crippen MR) is 98.6 cm³/mol. The number of thiazole rings is 1. The highest BCUT2D eigenvalue weighted by Crippen LogP contribution is 2.19. The topological polar surface area (TPSA) is 86.0 Å². The molecule has 1 aromatic heterocycles. The number of piperazine rings is 2. The average molecular weight is 397 g/mol. The van der Waals surface area contributed by atoms with Crippen molar-refractivity contribution >= 4 is 39.1 Å². The lowest BCUT2D eigenvalue weighted by Crippen LogP contribution is -2.56. The van der Waals surface area contributed by atoms with Crippen LogP contribution in [-0.4, -0.2) is 91.2 Å². The third-order valence-corrected chi connectivity index (χ3v) is 7.24. The zero-order valence-corrected chi connectivity index (χ0v) is 16.2. The third-order valence-electron chi connectivity index (χ3n) is 4.40. The fourth-order valence-corrected chi connectivity index (χ4v) is 5.22. The van der Waals surface area contributed by atoms with Gasteiger partial charge in [0.05, 0.1) is 0 Å². The summed E-state index contributed by atoms with van der Waals surface area (Å²) in [5.41, 5.74) is 5.65. The molecule has 0 aromatic carbocycles. The van der Waals surface area contributed by atoms with Crippen molar-refractivity contribution in [2.24, 2.45) is 0 Å². The lowest BCUT2D eigenvalue weighted by molar-refractivity contribution is 0.165. The van der Waals surface area contributed by atoms with Gasteiger partial charge in [-0.3, -0.25) is 4.90 Å². The second-order valence-corrected chi connectivity index (χ2v) is 9.13. The Morgan fingerprint density at radius 2 is 1.62 bits per heavy atom. The van der Waals surface area contributed by atoms with Crippen LogP contribution in [0.1, 0.15) is 4.88 Å². The minimum atomic E-state index is -3.32. The van der Waals surface area contributed by atoms with Crippen molar-refractivity contribution in [1.82, 2.24) is 23.4 Å². The Bertz CT molecular complexity index is 624. The molecule has 0 atom stereocenters. The molecular formula is C13H25ClN6O2S2. The van der Waals surface area contributed by atoms with E-state index in [1.54, 1.807) is 14.8 Å². The van der Waals surface area contributed by atoms with Gasteiger partial charge in [-0.05, 0) is 7.05 Å². The van der Waals surface area contributed by atoms with Gasteiger partial charge >= 0.3 is 0 Å². The molecule has 0 saturated carbocycles. The average Bonchev–Trinajstić information content (AvgIpc) is 2.93. The van der Waals surface area contributed by atoms with E-state index in [-0.39, 0.29) is 12.4 Å². The molecule has 1 aromatic rings. The number of likely N-dealkylation sites (N-methyl/N-ethyl adjacent to an activating group) is 1. The zero-order chi connectivity index (χ0) is 16.4. The van der Waals surface area contributed by atoms with E-state index in [0.29, 0.717) is 31.3 Å². The number of nitrogen functional groups attached to an aromatic ring is 1. The Morgan fingerprint density at radius 3 is 2.12 bits per heavy atom. The van der Waals surface area contributed by atoms with Crippen molar-refractivity contribution in [2.75, 3.05) is 65.1 Å². The van der Waals surface area contributed by atoms with E-state index in [9.17, 15) is 8.42 Å². The normalized spacial score (nSPS) is 22.4. The molecule has 0 unspecified atom stereocenters. The summed E-state index contributed by atoms with van der Waals surface area (Å²) in [4.78, 5) is 9.59. The van der Waals surface area contributed by atoms with E-state index in [0.717, 1.165) is 37.6 Å². The molecule has 8 nitrogen and oxygen atoms in total. The van der Waals surface area contributed by atoms with Crippen LogP contribution in [0.25, 0.3) is 0 Å². The van der Waals surface area contributed by atoms with Crippen molar-refractivity contribution in [3.63, 3.8) is 0 Å². The van der Waals surface area contributed by atoms with E-state index >= 15 is 0 Å². The second-order valence-electron chi connectivity index (χ2n) is 6.05. The third kappa shape index (κ3) is 4.57. The van der Waals surface area contributed by atoms with Crippen molar-refractivity contribution in [3.8, 4) is 0 Å². The number of halogens is 1. The molecule has 0 spiro atoms. The maximum atomic E-state index is 12.7. The van der Waals surface area contributed by atoms with Crippen LogP contribution in [0.5, 0.6) is 0 Å². The smallest absolute Gasteiger partial charge is 0.282 e. The SMILES string of the molecule is CN1CCN(S(=O)(=O)N2CCN(Cc3cnc(N)s3)CC2)CC1.Cl. The minimum absolute atomic E-state index is 0. The molecule has 0 bridgehead atoms. The molecular weight excluding hydrogens is 372 g/mol. The first kappa shape index (κ1) is 19.8. The lowest BCUT2D eigenvalue weighted by atomic mass is 10.3. The fourth-order valence-electron chi connectivity index (χ4n) is 2.92. The monoisotopic (exact) mass is 396 g/mol. The Morgan fingerprint density at radius 1 is 1.08 bits per heavy atom. The van der Waals surface area contributed by atoms with Gasteiger partial charge in [-0.2, -0.15) is 17.0 Å². The van der Waals surface area contributed by atoms with Gasteiger partial charge in [-0.15, -0.1) is 23.7 Å². The summed E-state index contributed by atoms with van der Waals surface area (Å²) < 4.78 is 28.7. The Hall–Kier alpha value is -0.490. The van der Waals surface area contributed by atoms with Gasteiger partial charge in [-0.25, -0.2) is 4.98 Å². The summed E-state index contributed by atoms with van der Waals surface area (Å²) in [6.45, 7) is 6.12.